The fraction of sp³-hybridized carbons (Fsp3) is 0.773. The molecule has 5 nitrogen and oxygen atoms in total. The number of likely N-dealkylation sites (tertiary alicyclic amines) is 1. The van der Waals surface area contributed by atoms with Gasteiger partial charge in [-0.2, -0.15) is 0 Å². The second-order valence-electron chi connectivity index (χ2n) is 8.83. The molecule has 4 rings (SSSR count). The molecule has 0 aliphatic carbocycles. The van der Waals surface area contributed by atoms with Crippen molar-refractivity contribution in [2.24, 2.45) is 11.8 Å². The summed E-state index contributed by atoms with van der Waals surface area (Å²) in [5.74, 6) is 2.55. The number of hydrogen-bond acceptors (Lipinski definition) is 5. The molecule has 3 fully saturated rings. The van der Waals surface area contributed by atoms with Gasteiger partial charge in [-0.05, 0) is 69.5 Å². The molecule has 0 atom stereocenters. The summed E-state index contributed by atoms with van der Waals surface area (Å²) in [6, 6.07) is 4.28. The Labute approximate surface area is 164 Å². The van der Waals surface area contributed by atoms with Gasteiger partial charge < -0.3 is 19.9 Å². The number of aromatic nitrogens is 1. The van der Waals surface area contributed by atoms with Crippen molar-refractivity contribution in [2.45, 2.75) is 51.6 Å². The van der Waals surface area contributed by atoms with Gasteiger partial charge in [-0.25, -0.2) is 4.98 Å². The molecule has 3 saturated heterocycles. The van der Waals surface area contributed by atoms with E-state index in [2.05, 4.69) is 39.2 Å². The normalized spacial score (nSPS) is 24.3. The lowest BCUT2D eigenvalue weighted by atomic mass is 9.96. The van der Waals surface area contributed by atoms with Crippen molar-refractivity contribution in [1.29, 1.82) is 0 Å². The second-order valence-corrected chi connectivity index (χ2v) is 8.83. The maximum atomic E-state index is 6.27. The lowest BCUT2D eigenvalue weighted by molar-refractivity contribution is 0.0843. The minimum atomic E-state index is 0.318. The van der Waals surface area contributed by atoms with Crippen LogP contribution in [0.25, 0.3) is 0 Å². The molecule has 1 aromatic heterocycles. The van der Waals surface area contributed by atoms with E-state index >= 15 is 0 Å². The minimum absolute atomic E-state index is 0.318. The smallest absolute Gasteiger partial charge is 0.215 e. The Balaban J connectivity index is 1.24. The van der Waals surface area contributed by atoms with Crippen LogP contribution in [0.2, 0.25) is 0 Å². The van der Waals surface area contributed by atoms with Crippen molar-refractivity contribution in [3.8, 4) is 5.88 Å². The average Bonchev–Trinajstić information content (AvgIpc) is 2.71. The van der Waals surface area contributed by atoms with Gasteiger partial charge in [-0.3, -0.25) is 0 Å². The van der Waals surface area contributed by atoms with Crippen LogP contribution in [0.1, 0.15) is 45.4 Å². The quantitative estimate of drug-likeness (QED) is 0.860. The molecule has 0 aromatic carbocycles. The van der Waals surface area contributed by atoms with Gasteiger partial charge in [0.1, 0.15) is 6.10 Å². The first kappa shape index (κ1) is 19.0. The first-order valence-electron chi connectivity index (χ1n) is 11.1. The van der Waals surface area contributed by atoms with Crippen molar-refractivity contribution >= 4 is 5.69 Å². The third-order valence-electron chi connectivity index (χ3n) is 6.66. The van der Waals surface area contributed by atoms with Crippen LogP contribution in [0.4, 0.5) is 5.69 Å². The van der Waals surface area contributed by atoms with Gasteiger partial charge in [-0.1, -0.05) is 6.92 Å². The van der Waals surface area contributed by atoms with E-state index in [1.165, 1.54) is 51.0 Å². The molecule has 3 aliphatic rings. The molecule has 0 spiro atoms. The van der Waals surface area contributed by atoms with Crippen molar-refractivity contribution in [1.82, 2.24) is 15.2 Å². The van der Waals surface area contributed by atoms with E-state index in [0.717, 1.165) is 56.7 Å². The van der Waals surface area contributed by atoms with Crippen LogP contribution < -0.4 is 15.0 Å². The number of anilines is 1. The molecule has 0 saturated carbocycles. The molecule has 0 radical (unpaired) electrons. The Morgan fingerprint density at radius 1 is 1.04 bits per heavy atom. The molecular formula is C22H36N4O. The summed E-state index contributed by atoms with van der Waals surface area (Å²) in [4.78, 5) is 9.62. The highest BCUT2D eigenvalue weighted by molar-refractivity contribution is 5.48. The molecule has 5 heteroatoms. The molecule has 4 heterocycles. The van der Waals surface area contributed by atoms with Crippen LogP contribution >= 0.6 is 0 Å². The highest BCUT2D eigenvalue weighted by Crippen LogP contribution is 2.26. The Morgan fingerprint density at radius 3 is 2.52 bits per heavy atom. The fourth-order valence-electron chi connectivity index (χ4n) is 4.74. The average molecular weight is 373 g/mol. The summed E-state index contributed by atoms with van der Waals surface area (Å²) in [6.07, 6.45) is 9.72. The number of nitrogens with one attached hydrogen (secondary N) is 1. The van der Waals surface area contributed by atoms with Crippen LogP contribution in [-0.2, 0) is 0 Å². The van der Waals surface area contributed by atoms with Gasteiger partial charge in [0.2, 0.25) is 5.88 Å². The number of pyridine rings is 1. The zero-order chi connectivity index (χ0) is 18.5. The first-order valence-corrected chi connectivity index (χ1v) is 11.1. The van der Waals surface area contributed by atoms with Gasteiger partial charge in [0.15, 0.2) is 0 Å². The van der Waals surface area contributed by atoms with Gasteiger partial charge in [-0.15, -0.1) is 0 Å². The predicted octanol–water partition coefficient (Wildman–Crippen LogP) is 3.16. The molecule has 0 bridgehead atoms. The zero-order valence-electron chi connectivity index (χ0n) is 16.9. The van der Waals surface area contributed by atoms with E-state index in [4.69, 9.17) is 4.74 Å². The number of ether oxygens (including phenoxy) is 1. The van der Waals surface area contributed by atoms with Crippen LogP contribution in [0.5, 0.6) is 5.88 Å². The zero-order valence-corrected chi connectivity index (χ0v) is 16.9. The Kier molecular flexibility index (Phi) is 6.51. The Morgan fingerprint density at radius 2 is 1.78 bits per heavy atom. The fourth-order valence-corrected chi connectivity index (χ4v) is 4.74. The summed E-state index contributed by atoms with van der Waals surface area (Å²) in [6.45, 7) is 10.7. The summed E-state index contributed by atoms with van der Waals surface area (Å²) in [5, 5.41) is 3.47. The maximum Gasteiger partial charge on any atom is 0.215 e. The van der Waals surface area contributed by atoms with Crippen LogP contribution in [0.3, 0.4) is 0 Å². The molecule has 0 unspecified atom stereocenters. The van der Waals surface area contributed by atoms with Crippen molar-refractivity contribution in [3.63, 3.8) is 0 Å². The van der Waals surface area contributed by atoms with Crippen LogP contribution in [-0.4, -0.2) is 61.8 Å². The number of hydrogen-bond donors (Lipinski definition) is 1. The third-order valence-corrected chi connectivity index (χ3v) is 6.66. The number of piperidine rings is 3. The summed E-state index contributed by atoms with van der Waals surface area (Å²) < 4.78 is 6.27. The maximum absolute atomic E-state index is 6.27. The van der Waals surface area contributed by atoms with E-state index in [0.29, 0.717) is 6.10 Å². The van der Waals surface area contributed by atoms with E-state index in [9.17, 15) is 0 Å². The molecule has 3 aliphatic heterocycles. The van der Waals surface area contributed by atoms with E-state index in [1.807, 2.05) is 6.20 Å². The Bertz CT molecular complexity index is 573. The molecule has 1 N–H and O–H groups in total. The standard InChI is InChI=1S/C22H36N4O/c1-18-5-14-26(15-6-18)20-4-11-24-22(16-20)27-21-7-12-25(13-8-21)17-19-2-9-23-10-3-19/h4,11,16,18-19,21,23H,2-3,5-10,12-15,17H2,1H3. The van der Waals surface area contributed by atoms with Gasteiger partial charge in [0, 0.05) is 50.7 Å². The largest absolute Gasteiger partial charge is 0.474 e. The van der Waals surface area contributed by atoms with Crippen molar-refractivity contribution in [2.75, 3.05) is 50.7 Å². The van der Waals surface area contributed by atoms with Crippen LogP contribution in [0, 0.1) is 11.8 Å². The number of nitrogens with zero attached hydrogens (tertiary/aromatic N) is 3. The van der Waals surface area contributed by atoms with Crippen LogP contribution in [0.15, 0.2) is 18.3 Å². The van der Waals surface area contributed by atoms with E-state index < -0.39 is 0 Å². The topological polar surface area (TPSA) is 40.6 Å². The summed E-state index contributed by atoms with van der Waals surface area (Å²) in [7, 11) is 0. The molecule has 0 amide bonds. The first-order chi connectivity index (χ1) is 13.3. The van der Waals surface area contributed by atoms with Crippen molar-refractivity contribution < 1.29 is 4.74 Å². The molecule has 27 heavy (non-hydrogen) atoms. The van der Waals surface area contributed by atoms with Gasteiger partial charge >= 0.3 is 0 Å². The van der Waals surface area contributed by atoms with E-state index in [-0.39, 0.29) is 0 Å². The third kappa shape index (κ3) is 5.35. The SMILES string of the molecule is CC1CCN(c2ccnc(OC3CCN(CC4CCNCC4)CC3)c2)CC1. The summed E-state index contributed by atoms with van der Waals surface area (Å²) >= 11 is 0. The molecular weight excluding hydrogens is 336 g/mol. The molecule has 150 valence electrons. The van der Waals surface area contributed by atoms with E-state index in [1.54, 1.807) is 0 Å². The predicted molar refractivity (Wildman–Crippen MR) is 111 cm³/mol. The minimum Gasteiger partial charge on any atom is -0.474 e. The lowest BCUT2D eigenvalue weighted by Gasteiger charge is -2.35. The second kappa shape index (κ2) is 9.24. The monoisotopic (exact) mass is 372 g/mol. The summed E-state index contributed by atoms with van der Waals surface area (Å²) in [5.41, 5.74) is 1.27. The number of rotatable bonds is 5. The highest BCUT2D eigenvalue weighted by atomic mass is 16.5. The van der Waals surface area contributed by atoms with Gasteiger partial charge in [0.25, 0.3) is 0 Å². The Hall–Kier alpha value is -1.33. The van der Waals surface area contributed by atoms with Crippen molar-refractivity contribution in [3.05, 3.63) is 18.3 Å². The van der Waals surface area contributed by atoms with Gasteiger partial charge in [0.05, 0.1) is 0 Å². The molecule has 1 aromatic rings. The highest BCUT2D eigenvalue weighted by Gasteiger charge is 2.24. The lowest BCUT2D eigenvalue weighted by Crippen LogP contribution is -2.42.